The molecule has 1 amide bonds. The van der Waals surface area contributed by atoms with Crippen molar-refractivity contribution in [1.29, 1.82) is 5.26 Å². The maximum absolute atomic E-state index is 12.0. The number of hydrogen-bond donors (Lipinski definition) is 0. The number of rotatable bonds is 3. The maximum atomic E-state index is 12.0. The summed E-state index contributed by atoms with van der Waals surface area (Å²) in [5.74, 6) is 1.66. The number of hydrogen-bond acceptors (Lipinski definition) is 5. The minimum absolute atomic E-state index is 0.0944. The summed E-state index contributed by atoms with van der Waals surface area (Å²) >= 11 is 4.90. The molecule has 1 aliphatic rings. The van der Waals surface area contributed by atoms with Crippen molar-refractivity contribution >= 4 is 41.2 Å². The highest BCUT2D eigenvalue weighted by molar-refractivity contribution is 8.21. The van der Waals surface area contributed by atoms with Crippen molar-refractivity contribution in [2.75, 3.05) is 25.6 Å². The summed E-state index contributed by atoms with van der Waals surface area (Å²) < 4.78 is -0.919. The Morgan fingerprint density at radius 2 is 2.00 bits per heavy atom. The van der Waals surface area contributed by atoms with Gasteiger partial charge >= 0.3 is 0 Å². The van der Waals surface area contributed by atoms with E-state index in [-0.39, 0.29) is 5.91 Å². The Bertz CT molecular complexity index is 317. The van der Waals surface area contributed by atoms with Crippen LogP contribution in [0.3, 0.4) is 0 Å². The summed E-state index contributed by atoms with van der Waals surface area (Å²) in [5.41, 5.74) is 0. The molecule has 0 spiro atoms. The van der Waals surface area contributed by atoms with Crippen molar-refractivity contribution in [3.05, 3.63) is 0 Å². The van der Waals surface area contributed by atoms with Crippen LogP contribution in [0.5, 0.6) is 0 Å². The summed E-state index contributed by atoms with van der Waals surface area (Å²) in [7, 11) is 3.41. The van der Waals surface area contributed by atoms with Crippen LogP contribution in [0.4, 0.5) is 0 Å². The Morgan fingerprint density at radius 1 is 1.47 bits per heavy atom. The van der Waals surface area contributed by atoms with Gasteiger partial charge in [0.2, 0.25) is 4.08 Å². The monoisotopic (exact) mass is 290 g/mol. The third-order valence-corrected chi connectivity index (χ3v) is 7.12. The second-order valence-electron chi connectivity index (χ2n) is 4.36. The van der Waals surface area contributed by atoms with E-state index in [4.69, 9.17) is 0 Å². The zero-order valence-electron chi connectivity index (χ0n) is 10.6. The molecular weight excluding hydrogens is 272 g/mol. The molecule has 6 heteroatoms. The van der Waals surface area contributed by atoms with Crippen LogP contribution >= 0.6 is 35.3 Å². The van der Waals surface area contributed by atoms with Crippen LogP contribution in [-0.4, -0.2) is 51.0 Å². The fourth-order valence-electron chi connectivity index (χ4n) is 1.50. The molecule has 17 heavy (non-hydrogen) atoms. The number of nitriles is 1. The van der Waals surface area contributed by atoms with Crippen molar-refractivity contribution in [3.8, 4) is 6.07 Å². The Kier molecular flexibility index (Phi) is 5.55. The van der Waals surface area contributed by atoms with Gasteiger partial charge in [0.15, 0.2) is 0 Å². The first-order chi connectivity index (χ1) is 7.91. The van der Waals surface area contributed by atoms with Crippen LogP contribution in [0.15, 0.2) is 0 Å². The Balaban J connectivity index is 2.64. The average Bonchev–Trinajstić information content (AvgIpc) is 2.28. The predicted molar refractivity (Wildman–Crippen MR) is 78.5 cm³/mol. The van der Waals surface area contributed by atoms with Crippen molar-refractivity contribution < 1.29 is 4.79 Å². The first-order valence-corrected chi connectivity index (χ1v) is 8.39. The Labute approximate surface area is 116 Å². The van der Waals surface area contributed by atoms with Crippen molar-refractivity contribution in [3.63, 3.8) is 0 Å². The van der Waals surface area contributed by atoms with Gasteiger partial charge in [-0.15, -0.1) is 23.5 Å². The molecule has 0 unspecified atom stereocenters. The van der Waals surface area contributed by atoms with E-state index in [1.807, 2.05) is 11.8 Å². The summed E-state index contributed by atoms with van der Waals surface area (Å²) in [4.78, 5) is 13.5. The number of amides is 1. The van der Waals surface area contributed by atoms with E-state index < -0.39 is 4.08 Å². The largest absolute Gasteiger partial charge is 0.346 e. The number of carbonyl (C=O) groups excluding carboxylic acids is 1. The highest BCUT2D eigenvalue weighted by Gasteiger charge is 2.45. The quantitative estimate of drug-likeness (QED) is 0.798. The van der Waals surface area contributed by atoms with Gasteiger partial charge in [-0.3, -0.25) is 4.79 Å². The second-order valence-corrected chi connectivity index (χ2v) is 8.97. The number of thioether (sulfide) groups is 3. The van der Waals surface area contributed by atoms with Gasteiger partial charge in [-0.25, -0.2) is 0 Å². The van der Waals surface area contributed by atoms with E-state index >= 15 is 0 Å². The summed E-state index contributed by atoms with van der Waals surface area (Å²) in [5, 5.41) is 10.4. The molecule has 0 aromatic heterocycles. The van der Waals surface area contributed by atoms with Gasteiger partial charge in [0, 0.05) is 30.9 Å². The highest BCUT2D eigenvalue weighted by Crippen LogP contribution is 2.45. The van der Waals surface area contributed by atoms with Crippen LogP contribution in [0.1, 0.15) is 13.8 Å². The molecule has 0 radical (unpaired) electrons. The van der Waals surface area contributed by atoms with Gasteiger partial charge in [-0.2, -0.15) is 17.0 Å². The van der Waals surface area contributed by atoms with E-state index in [9.17, 15) is 10.1 Å². The zero-order valence-corrected chi connectivity index (χ0v) is 13.0. The standard InChI is InChI=1S/C11H18N2OS3/c1-8(2)17-9-5-15-11(7-12,16-6-9)10(14)13(3)4/h8-9H,5-6H2,1-4H3. The van der Waals surface area contributed by atoms with Gasteiger partial charge in [-0.05, 0) is 5.25 Å². The average molecular weight is 290 g/mol. The summed E-state index contributed by atoms with van der Waals surface area (Å²) in [6.45, 7) is 4.36. The lowest BCUT2D eigenvalue weighted by Gasteiger charge is -2.34. The normalized spacial score (nSPS) is 28.8. The molecule has 3 nitrogen and oxygen atoms in total. The molecule has 0 atom stereocenters. The molecule has 1 rings (SSSR count). The molecule has 1 saturated heterocycles. The minimum atomic E-state index is -0.919. The van der Waals surface area contributed by atoms with Crippen LogP contribution in [-0.2, 0) is 4.79 Å². The lowest BCUT2D eigenvalue weighted by Crippen LogP contribution is -2.44. The molecule has 1 heterocycles. The highest BCUT2D eigenvalue weighted by atomic mass is 32.2. The van der Waals surface area contributed by atoms with Crippen LogP contribution in [0.2, 0.25) is 0 Å². The van der Waals surface area contributed by atoms with Crippen molar-refractivity contribution in [2.24, 2.45) is 0 Å². The Hall–Kier alpha value is 0.01000. The molecule has 0 saturated carbocycles. The fourth-order valence-corrected chi connectivity index (χ4v) is 6.02. The van der Waals surface area contributed by atoms with Gasteiger partial charge in [0.1, 0.15) is 6.07 Å². The molecule has 1 fully saturated rings. The number of nitrogens with zero attached hydrogens (tertiary/aromatic N) is 2. The van der Waals surface area contributed by atoms with Crippen LogP contribution in [0, 0.1) is 11.3 Å². The molecule has 96 valence electrons. The molecule has 0 aliphatic carbocycles. The fraction of sp³-hybridized carbons (Fsp3) is 0.818. The molecule has 0 aromatic carbocycles. The first kappa shape index (κ1) is 15.1. The molecule has 0 aromatic rings. The van der Waals surface area contributed by atoms with E-state index in [0.717, 1.165) is 11.5 Å². The van der Waals surface area contributed by atoms with Gasteiger partial charge in [0.25, 0.3) is 5.91 Å². The lowest BCUT2D eigenvalue weighted by atomic mass is 10.4. The topological polar surface area (TPSA) is 44.1 Å². The van der Waals surface area contributed by atoms with Crippen LogP contribution in [0.25, 0.3) is 0 Å². The van der Waals surface area contributed by atoms with E-state index in [0.29, 0.717) is 10.5 Å². The van der Waals surface area contributed by atoms with Crippen molar-refractivity contribution in [2.45, 2.75) is 28.4 Å². The first-order valence-electron chi connectivity index (χ1n) is 5.47. The maximum Gasteiger partial charge on any atom is 0.263 e. The van der Waals surface area contributed by atoms with E-state index in [1.54, 1.807) is 14.1 Å². The van der Waals surface area contributed by atoms with Gasteiger partial charge in [0.05, 0.1) is 0 Å². The third kappa shape index (κ3) is 3.73. The molecule has 0 N–H and O–H groups in total. The SMILES string of the molecule is CC(C)SC1CSC(C#N)(C(=O)N(C)C)SC1. The smallest absolute Gasteiger partial charge is 0.263 e. The second kappa shape index (κ2) is 6.26. The third-order valence-electron chi connectivity index (χ3n) is 2.24. The molecular formula is C11H18N2OS3. The van der Waals surface area contributed by atoms with E-state index in [1.165, 1.54) is 28.4 Å². The summed E-state index contributed by atoms with van der Waals surface area (Å²) in [6, 6.07) is 2.20. The zero-order chi connectivity index (χ0) is 13.1. The number of carbonyl (C=O) groups is 1. The van der Waals surface area contributed by atoms with E-state index in [2.05, 4.69) is 19.9 Å². The van der Waals surface area contributed by atoms with Gasteiger partial charge in [-0.1, -0.05) is 13.8 Å². The van der Waals surface area contributed by atoms with Crippen LogP contribution < -0.4 is 0 Å². The lowest BCUT2D eigenvalue weighted by molar-refractivity contribution is -0.127. The molecule has 1 aliphatic heterocycles. The summed E-state index contributed by atoms with van der Waals surface area (Å²) in [6.07, 6.45) is 0. The minimum Gasteiger partial charge on any atom is -0.346 e. The predicted octanol–water partition coefficient (Wildman–Crippen LogP) is 2.28. The van der Waals surface area contributed by atoms with Gasteiger partial charge < -0.3 is 4.90 Å². The molecule has 0 bridgehead atoms. The Morgan fingerprint density at radius 3 is 2.35 bits per heavy atom. The van der Waals surface area contributed by atoms with Crippen molar-refractivity contribution in [1.82, 2.24) is 4.90 Å².